The summed E-state index contributed by atoms with van der Waals surface area (Å²) in [6, 6.07) is 11.5. The zero-order valence-corrected chi connectivity index (χ0v) is 16.6. The zero-order valence-electron chi connectivity index (χ0n) is 15.9. The molecule has 28 heavy (non-hydrogen) atoms. The maximum absolute atomic E-state index is 13.3. The van der Waals surface area contributed by atoms with E-state index in [1.54, 1.807) is 32.0 Å². The van der Waals surface area contributed by atoms with Gasteiger partial charge in [-0.2, -0.15) is 0 Å². The minimum Gasteiger partial charge on any atom is -0.493 e. The molecule has 2 aromatic rings. The molecule has 0 heterocycles. The Kier molecular flexibility index (Phi) is 8.54. The van der Waals surface area contributed by atoms with E-state index in [1.165, 1.54) is 12.1 Å². The van der Waals surface area contributed by atoms with E-state index < -0.39 is 17.9 Å². The van der Waals surface area contributed by atoms with Gasteiger partial charge >= 0.3 is 5.97 Å². The molecule has 0 aromatic heterocycles. The Morgan fingerprint density at radius 3 is 2.39 bits per heavy atom. The fourth-order valence-corrected chi connectivity index (χ4v) is 2.62. The molecular formula is C21H24ClFO5. The highest BCUT2D eigenvalue weighted by Crippen LogP contribution is 2.20. The minimum atomic E-state index is -0.990. The molecule has 2 rings (SSSR count). The summed E-state index contributed by atoms with van der Waals surface area (Å²) in [5.41, 5.74) is 0.818. The Morgan fingerprint density at radius 2 is 1.79 bits per heavy atom. The lowest BCUT2D eigenvalue weighted by Gasteiger charge is -2.17. The predicted octanol–water partition coefficient (Wildman–Crippen LogP) is 4.75. The van der Waals surface area contributed by atoms with Gasteiger partial charge in [-0.15, -0.1) is 0 Å². The molecule has 0 fully saturated rings. The maximum atomic E-state index is 13.3. The van der Waals surface area contributed by atoms with Crippen LogP contribution in [-0.2, 0) is 16.0 Å². The van der Waals surface area contributed by atoms with Crippen molar-refractivity contribution in [3.63, 3.8) is 0 Å². The molecule has 2 aromatic carbocycles. The summed E-state index contributed by atoms with van der Waals surface area (Å²) in [6.07, 6.45) is -0.211. The summed E-state index contributed by atoms with van der Waals surface area (Å²) in [5, 5.41) is 9.33. The van der Waals surface area contributed by atoms with Gasteiger partial charge in [-0.25, -0.2) is 9.18 Å². The Morgan fingerprint density at radius 1 is 1.11 bits per heavy atom. The van der Waals surface area contributed by atoms with E-state index in [-0.39, 0.29) is 17.5 Å². The van der Waals surface area contributed by atoms with Crippen molar-refractivity contribution in [1.29, 1.82) is 0 Å². The van der Waals surface area contributed by atoms with E-state index in [0.29, 0.717) is 31.1 Å². The fourth-order valence-electron chi connectivity index (χ4n) is 2.50. The summed E-state index contributed by atoms with van der Waals surface area (Å²) in [7, 11) is 0. The van der Waals surface area contributed by atoms with Crippen molar-refractivity contribution in [1.82, 2.24) is 0 Å². The average molecular weight is 411 g/mol. The van der Waals surface area contributed by atoms with Crippen LogP contribution in [0.25, 0.3) is 0 Å². The monoisotopic (exact) mass is 410 g/mol. The van der Waals surface area contributed by atoms with Crippen LogP contribution in [0.4, 0.5) is 4.39 Å². The third-order valence-corrected chi connectivity index (χ3v) is 4.06. The summed E-state index contributed by atoms with van der Waals surface area (Å²) in [4.78, 5) is 11.3. The first kappa shape index (κ1) is 22.0. The molecule has 0 spiro atoms. The number of benzene rings is 2. The number of hydrogen-bond donors (Lipinski definition) is 1. The van der Waals surface area contributed by atoms with E-state index in [4.69, 9.17) is 25.8 Å². The quantitative estimate of drug-likeness (QED) is 0.541. The van der Waals surface area contributed by atoms with Crippen LogP contribution in [0.5, 0.6) is 11.5 Å². The summed E-state index contributed by atoms with van der Waals surface area (Å²) in [5.74, 6) is -0.457. The largest absolute Gasteiger partial charge is 0.493 e. The molecule has 1 N–H and O–H groups in total. The lowest BCUT2D eigenvalue weighted by atomic mass is 10.1. The zero-order chi connectivity index (χ0) is 20.5. The van der Waals surface area contributed by atoms with Gasteiger partial charge in [0, 0.05) is 18.9 Å². The van der Waals surface area contributed by atoms with E-state index in [2.05, 4.69) is 0 Å². The van der Waals surface area contributed by atoms with Crippen LogP contribution in [0.15, 0.2) is 42.5 Å². The topological polar surface area (TPSA) is 65.0 Å². The van der Waals surface area contributed by atoms with Gasteiger partial charge in [0.05, 0.1) is 24.3 Å². The van der Waals surface area contributed by atoms with E-state index in [0.717, 1.165) is 5.56 Å². The Bertz CT molecular complexity index is 781. The molecule has 152 valence electrons. The molecule has 0 bridgehead atoms. The smallest absolute Gasteiger partial charge is 0.333 e. The molecule has 0 radical (unpaired) electrons. The van der Waals surface area contributed by atoms with Crippen LogP contribution in [0.1, 0.15) is 25.8 Å². The van der Waals surface area contributed by atoms with Crippen molar-refractivity contribution < 1.29 is 28.5 Å². The minimum absolute atomic E-state index is 0.0551. The molecule has 0 aliphatic heterocycles. The Hall–Kier alpha value is -2.31. The van der Waals surface area contributed by atoms with Gasteiger partial charge in [-0.05, 0) is 43.7 Å². The van der Waals surface area contributed by atoms with Gasteiger partial charge < -0.3 is 19.3 Å². The van der Waals surface area contributed by atoms with Crippen molar-refractivity contribution in [2.75, 3.05) is 13.2 Å². The van der Waals surface area contributed by atoms with Crippen LogP contribution < -0.4 is 9.47 Å². The normalized spacial score (nSPS) is 12.0. The van der Waals surface area contributed by atoms with Crippen molar-refractivity contribution >= 4 is 17.6 Å². The van der Waals surface area contributed by atoms with Crippen LogP contribution in [0.2, 0.25) is 5.02 Å². The molecule has 0 aliphatic carbocycles. The summed E-state index contributed by atoms with van der Waals surface area (Å²) < 4.78 is 29.9. The summed E-state index contributed by atoms with van der Waals surface area (Å²) >= 11 is 5.63. The molecular weight excluding hydrogens is 387 g/mol. The number of halogens is 2. The number of carbonyl (C=O) groups is 1. The van der Waals surface area contributed by atoms with Gasteiger partial charge in [0.25, 0.3) is 0 Å². The average Bonchev–Trinajstić information content (AvgIpc) is 2.63. The first-order valence-corrected chi connectivity index (χ1v) is 9.41. The van der Waals surface area contributed by atoms with E-state index >= 15 is 0 Å². The van der Waals surface area contributed by atoms with Crippen LogP contribution >= 0.6 is 11.6 Å². The highest BCUT2D eigenvalue weighted by molar-refractivity contribution is 6.30. The van der Waals surface area contributed by atoms with Crippen molar-refractivity contribution in [2.24, 2.45) is 0 Å². The number of rotatable bonds is 11. The molecule has 0 aliphatic rings. The molecule has 0 saturated carbocycles. The second kappa shape index (κ2) is 10.9. The lowest BCUT2D eigenvalue weighted by molar-refractivity contribution is -0.153. The van der Waals surface area contributed by atoms with Gasteiger partial charge in [0.1, 0.15) is 17.3 Å². The van der Waals surface area contributed by atoms with E-state index in [1.807, 2.05) is 12.1 Å². The highest BCUT2D eigenvalue weighted by atomic mass is 35.5. The molecule has 7 heteroatoms. The van der Waals surface area contributed by atoms with Crippen LogP contribution in [0, 0.1) is 5.82 Å². The molecule has 0 unspecified atom stereocenters. The maximum Gasteiger partial charge on any atom is 0.333 e. The standard InChI is InChI=1S/C21H24ClFO5/c1-14(2)28-20(21(24)25)12-15-5-3-6-16(11-15)26-9-4-10-27-17-7-8-18(22)19(23)13-17/h3,5-8,11,13-14,20H,4,9-10,12H2,1-2H3,(H,24,25)/t20-/m0/s1. The van der Waals surface area contributed by atoms with Crippen LogP contribution in [0.3, 0.4) is 0 Å². The molecule has 5 nitrogen and oxygen atoms in total. The summed E-state index contributed by atoms with van der Waals surface area (Å²) in [6.45, 7) is 4.38. The van der Waals surface area contributed by atoms with Crippen molar-refractivity contribution in [2.45, 2.75) is 38.9 Å². The number of aliphatic carboxylic acids is 1. The third kappa shape index (κ3) is 7.37. The number of carboxylic acid groups (broad SMARTS) is 1. The van der Waals surface area contributed by atoms with Crippen molar-refractivity contribution in [3.05, 3.63) is 58.9 Å². The highest BCUT2D eigenvalue weighted by Gasteiger charge is 2.20. The Balaban J connectivity index is 1.79. The first-order valence-electron chi connectivity index (χ1n) is 9.03. The van der Waals surface area contributed by atoms with Gasteiger partial charge in [-0.3, -0.25) is 0 Å². The second-order valence-corrected chi connectivity index (χ2v) is 6.90. The predicted molar refractivity (Wildman–Crippen MR) is 105 cm³/mol. The third-order valence-electron chi connectivity index (χ3n) is 3.75. The Labute approximate surface area is 169 Å². The SMILES string of the molecule is CC(C)O[C@@H](Cc1cccc(OCCCOc2ccc(Cl)c(F)c2)c1)C(=O)O. The molecule has 0 saturated heterocycles. The first-order chi connectivity index (χ1) is 13.3. The van der Waals surface area contributed by atoms with Crippen LogP contribution in [-0.4, -0.2) is 36.5 Å². The van der Waals surface area contributed by atoms with Gasteiger partial charge in [-0.1, -0.05) is 23.7 Å². The fraction of sp³-hybridized carbons (Fsp3) is 0.381. The number of ether oxygens (including phenoxy) is 3. The second-order valence-electron chi connectivity index (χ2n) is 6.49. The number of carboxylic acids is 1. The molecule has 1 atom stereocenters. The molecule has 0 amide bonds. The van der Waals surface area contributed by atoms with E-state index in [9.17, 15) is 14.3 Å². The van der Waals surface area contributed by atoms with Gasteiger partial charge in [0.2, 0.25) is 0 Å². The van der Waals surface area contributed by atoms with Crippen molar-refractivity contribution in [3.8, 4) is 11.5 Å². The lowest BCUT2D eigenvalue weighted by Crippen LogP contribution is -2.29. The van der Waals surface area contributed by atoms with Gasteiger partial charge in [0.15, 0.2) is 6.10 Å². The number of hydrogen-bond acceptors (Lipinski definition) is 4.